The summed E-state index contributed by atoms with van der Waals surface area (Å²) in [6.07, 6.45) is 0.625. The lowest BCUT2D eigenvalue weighted by molar-refractivity contribution is -0.889. The van der Waals surface area contributed by atoms with Crippen molar-refractivity contribution in [2.75, 3.05) is 27.3 Å². The predicted octanol–water partition coefficient (Wildman–Crippen LogP) is 0.619. The standard InChI is InChI=1S/C19H27N3O4/c1-5-15-17(18(23)26-6-2)16(21-19(24)20-15)12-22(3)11-13-8-7-9-14(10-13)25-4/h7-10,15H,5-6,11-12H2,1-4H3,(H2,20,21,24)/p+1/t15-/m1/s1. The largest absolute Gasteiger partial charge is 0.497 e. The van der Waals surface area contributed by atoms with E-state index in [1.165, 1.54) is 0 Å². The number of benzene rings is 1. The molecular formula is C19H28N3O4+. The van der Waals surface area contributed by atoms with Crippen molar-refractivity contribution in [3.05, 3.63) is 41.1 Å². The summed E-state index contributed by atoms with van der Waals surface area (Å²) in [6.45, 7) is 5.24. The smallest absolute Gasteiger partial charge is 0.338 e. The number of nitrogens with one attached hydrogen (secondary N) is 3. The van der Waals surface area contributed by atoms with Crippen LogP contribution in [0.25, 0.3) is 0 Å². The molecule has 1 aliphatic rings. The van der Waals surface area contributed by atoms with Gasteiger partial charge in [0.1, 0.15) is 18.8 Å². The van der Waals surface area contributed by atoms with E-state index in [1.807, 2.05) is 38.2 Å². The highest BCUT2D eigenvalue weighted by atomic mass is 16.5. The first-order valence-corrected chi connectivity index (χ1v) is 8.90. The third-order valence-corrected chi connectivity index (χ3v) is 4.27. The lowest BCUT2D eigenvalue weighted by Crippen LogP contribution is -3.08. The molecule has 142 valence electrons. The number of esters is 1. The molecule has 0 saturated heterocycles. The average molecular weight is 362 g/mol. The van der Waals surface area contributed by atoms with Gasteiger partial charge in [0, 0.05) is 5.56 Å². The van der Waals surface area contributed by atoms with Gasteiger partial charge in [0.15, 0.2) is 0 Å². The van der Waals surface area contributed by atoms with Crippen LogP contribution in [0.3, 0.4) is 0 Å². The maximum Gasteiger partial charge on any atom is 0.338 e. The normalized spacial score (nSPS) is 18.0. The van der Waals surface area contributed by atoms with Crippen LogP contribution in [0.5, 0.6) is 5.75 Å². The van der Waals surface area contributed by atoms with Gasteiger partial charge in [-0.3, -0.25) is 0 Å². The van der Waals surface area contributed by atoms with Crippen LogP contribution in [0.15, 0.2) is 35.5 Å². The first-order chi connectivity index (χ1) is 12.5. The highest BCUT2D eigenvalue weighted by Gasteiger charge is 2.32. The maximum atomic E-state index is 12.4. The molecule has 1 unspecified atom stereocenters. The minimum atomic E-state index is -0.379. The Morgan fingerprint density at radius 2 is 2.04 bits per heavy atom. The van der Waals surface area contributed by atoms with Gasteiger partial charge in [-0.25, -0.2) is 9.59 Å². The SMILES string of the molecule is CCOC(=O)C1=C(C[NH+](C)Cc2cccc(OC)c2)NC(=O)N[C@@H]1CC. The summed E-state index contributed by atoms with van der Waals surface area (Å²) in [5, 5.41) is 5.58. The Kier molecular flexibility index (Phi) is 7.03. The van der Waals surface area contributed by atoms with E-state index < -0.39 is 0 Å². The van der Waals surface area contributed by atoms with E-state index in [4.69, 9.17) is 9.47 Å². The molecule has 0 spiro atoms. The van der Waals surface area contributed by atoms with Crippen molar-refractivity contribution in [2.24, 2.45) is 0 Å². The van der Waals surface area contributed by atoms with Gasteiger partial charge in [-0.15, -0.1) is 0 Å². The Morgan fingerprint density at radius 1 is 1.27 bits per heavy atom. The summed E-state index contributed by atoms with van der Waals surface area (Å²) in [6, 6.07) is 7.25. The molecule has 0 aliphatic carbocycles. The van der Waals surface area contributed by atoms with Crippen LogP contribution in [0.1, 0.15) is 25.8 Å². The number of hydrogen-bond acceptors (Lipinski definition) is 4. The molecule has 7 nitrogen and oxygen atoms in total. The van der Waals surface area contributed by atoms with Crippen LogP contribution in [0, 0.1) is 0 Å². The first kappa shape index (κ1) is 19.8. The van der Waals surface area contributed by atoms with Gasteiger partial charge in [0.2, 0.25) is 0 Å². The molecule has 1 heterocycles. The summed E-state index contributed by atoms with van der Waals surface area (Å²) >= 11 is 0. The minimum absolute atomic E-state index is 0.283. The molecule has 0 radical (unpaired) electrons. The van der Waals surface area contributed by atoms with Gasteiger partial charge >= 0.3 is 12.0 Å². The molecule has 0 saturated carbocycles. The average Bonchev–Trinajstić information content (AvgIpc) is 2.61. The first-order valence-electron chi connectivity index (χ1n) is 8.90. The maximum absolute atomic E-state index is 12.4. The number of amides is 2. The minimum Gasteiger partial charge on any atom is -0.497 e. The Labute approximate surface area is 154 Å². The van der Waals surface area contributed by atoms with E-state index in [0.29, 0.717) is 30.8 Å². The molecular weight excluding hydrogens is 334 g/mol. The number of likely N-dealkylation sites (N-methyl/N-ethyl adjacent to an activating group) is 1. The van der Waals surface area contributed by atoms with Crippen LogP contribution in [-0.4, -0.2) is 45.4 Å². The molecule has 0 aromatic heterocycles. The zero-order valence-corrected chi connectivity index (χ0v) is 15.8. The molecule has 2 amide bonds. The zero-order chi connectivity index (χ0) is 19.1. The van der Waals surface area contributed by atoms with Gasteiger partial charge in [-0.2, -0.15) is 0 Å². The Bertz CT molecular complexity index is 687. The molecule has 1 aliphatic heterocycles. The van der Waals surface area contributed by atoms with Crippen molar-refractivity contribution in [2.45, 2.75) is 32.9 Å². The summed E-state index contributed by atoms with van der Waals surface area (Å²) in [5.74, 6) is 0.430. The van der Waals surface area contributed by atoms with Gasteiger partial charge in [0.05, 0.1) is 38.1 Å². The number of quaternary nitrogens is 1. The topological polar surface area (TPSA) is 81.1 Å². The lowest BCUT2D eigenvalue weighted by Gasteiger charge is -2.29. The van der Waals surface area contributed by atoms with E-state index in [9.17, 15) is 9.59 Å². The zero-order valence-electron chi connectivity index (χ0n) is 15.8. The predicted molar refractivity (Wildman–Crippen MR) is 97.9 cm³/mol. The lowest BCUT2D eigenvalue weighted by atomic mass is 10.00. The number of methoxy groups -OCH3 is 1. The molecule has 0 bridgehead atoms. The van der Waals surface area contributed by atoms with Gasteiger partial charge < -0.3 is 25.0 Å². The van der Waals surface area contributed by atoms with Crippen molar-refractivity contribution in [1.82, 2.24) is 10.6 Å². The van der Waals surface area contributed by atoms with Crippen molar-refractivity contribution < 1.29 is 24.0 Å². The van der Waals surface area contributed by atoms with Crippen LogP contribution >= 0.6 is 0 Å². The number of rotatable bonds is 8. The Morgan fingerprint density at radius 3 is 2.69 bits per heavy atom. The quantitative estimate of drug-likeness (QED) is 0.592. The fourth-order valence-electron chi connectivity index (χ4n) is 3.10. The monoisotopic (exact) mass is 362 g/mol. The van der Waals surface area contributed by atoms with E-state index in [2.05, 4.69) is 10.6 Å². The number of hydrogen-bond donors (Lipinski definition) is 3. The van der Waals surface area contributed by atoms with E-state index in [-0.39, 0.29) is 18.0 Å². The summed E-state index contributed by atoms with van der Waals surface area (Å²) in [5.41, 5.74) is 2.26. The second kappa shape index (κ2) is 9.24. The molecule has 2 rings (SSSR count). The molecule has 26 heavy (non-hydrogen) atoms. The summed E-state index contributed by atoms with van der Waals surface area (Å²) < 4.78 is 10.5. The van der Waals surface area contributed by atoms with E-state index >= 15 is 0 Å². The Hall–Kier alpha value is -2.54. The molecule has 0 fully saturated rings. The number of carbonyl (C=O) groups excluding carboxylic acids is 2. The van der Waals surface area contributed by atoms with Crippen LogP contribution in [-0.2, 0) is 16.1 Å². The fraction of sp³-hybridized carbons (Fsp3) is 0.474. The fourth-order valence-corrected chi connectivity index (χ4v) is 3.10. The molecule has 1 aromatic carbocycles. The summed E-state index contributed by atoms with van der Waals surface area (Å²) in [4.78, 5) is 25.5. The van der Waals surface area contributed by atoms with E-state index in [0.717, 1.165) is 22.8 Å². The van der Waals surface area contributed by atoms with Crippen molar-refractivity contribution in [3.63, 3.8) is 0 Å². The molecule has 3 N–H and O–H groups in total. The highest BCUT2D eigenvalue weighted by Crippen LogP contribution is 2.16. The van der Waals surface area contributed by atoms with Crippen LogP contribution in [0.2, 0.25) is 0 Å². The van der Waals surface area contributed by atoms with Crippen molar-refractivity contribution >= 4 is 12.0 Å². The van der Waals surface area contributed by atoms with Crippen molar-refractivity contribution in [1.29, 1.82) is 0 Å². The van der Waals surface area contributed by atoms with Crippen LogP contribution in [0.4, 0.5) is 4.79 Å². The van der Waals surface area contributed by atoms with Gasteiger partial charge in [-0.1, -0.05) is 19.1 Å². The summed E-state index contributed by atoms with van der Waals surface area (Å²) in [7, 11) is 3.66. The van der Waals surface area contributed by atoms with Gasteiger partial charge in [0.25, 0.3) is 0 Å². The highest BCUT2D eigenvalue weighted by molar-refractivity contribution is 5.94. The molecule has 1 aromatic rings. The van der Waals surface area contributed by atoms with E-state index in [1.54, 1.807) is 14.0 Å². The second-order valence-corrected chi connectivity index (χ2v) is 6.33. The van der Waals surface area contributed by atoms with Crippen LogP contribution < -0.4 is 20.3 Å². The number of ether oxygens (including phenoxy) is 2. The Balaban J connectivity index is 2.20. The van der Waals surface area contributed by atoms with Gasteiger partial charge in [-0.05, 0) is 25.5 Å². The number of urea groups is 1. The number of carbonyl (C=O) groups is 2. The molecule has 7 heteroatoms. The third kappa shape index (κ3) is 4.98. The molecule has 2 atom stereocenters. The third-order valence-electron chi connectivity index (χ3n) is 4.27. The second-order valence-electron chi connectivity index (χ2n) is 6.33. The van der Waals surface area contributed by atoms with Crippen molar-refractivity contribution in [3.8, 4) is 5.75 Å².